The standard InChI is InChI=1S/C19H20FNO6S/c1-28(26,27)14-6-4-13(5-7-14)19(25)15(11-20)21-18(24)9-3-12-2-8-16(22)17(23)10-12/h2-10,15,19,22-23,25H,11H2,1H3,(H,21,24)/b9-3+. The number of aliphatic hydroxyl groups is 1. The molecule has 1 amide bonds. The first-order valence-corrected chi connectivity index (χ1v) is 10.1. The van der Waals surface area contributed by atoms with Crippen LogP contribution in [0.15, 0.2) is 53.4 Å². The third kappa shape index (κ3) is 5.54. The van der Waals surface area contributed by atoms with Crippen LogP contribution in [0.2, 0.25) is 0 Å². The molecule has 0 heterocycles. The summed E-state index contributed by atoms with van der Waals surface area (Å²) in [5.74, 6) is -1.33. The third-order valence-corrected chi connectivity index (χ3v) is 5.08. The quantitative estimate of drug-likeness (QED) is 0.408. The molecular formula is C19H20FNO6S. The Labute approximate surface area is 161 Å². The number of sulfone groups is 1. The lowest BCUT2D eigenvalue weighted by molar-refractivity contribution is -0.118. The van der Waals surface area contributed by atoms with Crippen LogP contribution in [0.25, 0.3) is 6.08 Å². The average Bonchev–Trinajstić information content (AvgIpc) is 2.66. The summed E-state index contributed by atoms with van der Waals surface area (Å²) < 4.78 is 36.3. The van der Waals surface area contributed by atoms with Crippen molar-refractivity contribution in [3.8, 4) is 11.5 Å². The van der Waals surface area contributed by atoms with Crippen molar-refractivity contribution >= 4 is 21.8 Å². The van der Waals surface area contributed by atoms with Crippen molar-refractivity contribution in [2.75, 3.05) is 12.9 Å². The zero-order valence-corrected chi connectivity index (χ0v) is 15.7. The van der Waals surface area contributed by atoms with Crippen LogP contribution in [0.1, 0.15) is 17.2 Å². The minimum absolute atomic E-state index is 0.0596. The zero-order valence-electron chi connectivity index (χ0n) is 14.9. The Bertz CT molecular complexity index is 972. The number of aromatic hydroxyl groups is 2. The highest BCUT2D eigenvalue weighted by Gasteiger charge is 2.22. The monoisotopic (exact) mass is 409 g/mol. The smallest absolute Gasteiger partial charge is 0.244 e. The van der Waals surface area contributed by atoms with E-state index in [4.69, 9.17) is 0 Å². The molecule has 9 heteroatoms. The molecule has 4 N–H and O–H groups in total. The van der Waals surface area contributed by atoms with Gasteiger partial charge in [0.15, 0.2) is 21.3 Å². The van der Waals surface area contributed by atoms with Gasteiger partial charge in [-0.2, -0.15) is 0 Å². The molecule has 2 aromatic carbocycles. The van der Waals surface area contributed by atoms with Crippen LogP contribution in [-0.4, -0.2) is 48.6 Å². The van der Waals surface area contributed by atoms with Gasteiger partial charge in [-0.15, -0.1) is 0 Å². The minimum Gasteiger partial charge on any atom is -0.504 e. The Kier molecular flexibility index (Phi) is 6.76. The van der Waals surface area contributed by atoms with E-state index in [1.54, 1.807) is 0 Å². The molecule has 0 bridgehead atoms. The number of nitrogens with one attached hydrogen (secondary N) is 1. The number of carbonyl (C=O) groups is 1. The lowest BCUT2D eigenvalue weighted by Gasteiger charge is -2.21. The molecule has 0 aliphatic carbocycles. The lowest BCUT2D eigenvalue weighted by atomic mass is 10.0. The fourth-order valence-corrected chi connectivity index (χ4v) is 3.02. The summed E-state index contributed by atoms with van der Waals surface area (Å²) in [6, 6.07) is 8.00. The summed E-state index contributed by atoms with van der Waals surface area (Å²) in [6.07, 6.45) is 2.10. The van der Waals surface area contributed by atoms with Crippen molar-refractivity contribution in [3.63, 3.8) is 0 Å². The van der Waals surface area contributed by atoms with Crippen molar-refractivity contribution in [2.45, 2.75) is 17.0 Å². The SMILES string of the molecule is CS(=O)(=O)c1ccc(C(O)C(CF)NC(=O)/C=C/c2ccc(O)c(O)c2)cc1. The van der Waals surface area contributed by atoms with Gasteiger partial charge in [0.05, 0.1) is 10.9 Å². The molecule has 0 radical (unpaired) electrons. The van der Waals surface area contributed by atoms with E-state index in [0.29, 0.717) is 5.56 Å². The van der Waals surface area contributed by atoms with Gasteiger partial charge < -0.3 is 20.6 Å². The molecule has 28 heavy (non-hydrogen) atoms. The first-order valence-electron chi connectivity index (χ1n) is 8.16. The van der Waals surface area contributed by atoms with Gasteiger partial charge in [0.25, 0.3) is 0 Å². The van der Waals surface area contributed by atoms with E-state index in [0.717, 1.165) is 12.3 Å². The predicted molar refractivity (Wildman–Crippen MR) is 101 cm³/mol. The van der Waals surface area contributed by atoms with E-state index in [9.17, 15) is 32.9 Å². The summed E-state index contributed by atoms with van der Waals surface area (Å²) in [6.45, 7) is -1.05. The van der Waals surface area contributed by atoms with Crippen molar-refractivity contribution in [2.24, 2.45) is 0 Å². The summed E-state index contributed by atoms with van der Waals surface area (Å²) in [5, 5.41) is 31.3. The number of alkyl halides is 1. The maximum Gasteiger partial charge on any atom is 0.244 e. The van der Waals surface area contributed by atoms with Crippen molar-refractivity contribution < 1.29 is 32.9 Å². The summed E-state index contributed by atoms with van der Waals surface area (Å²) in [7, 11) is -3.40. The molecule has 0 aliphatic rings. The molecule has 0 aliphatic heterocycles. The number of rotatable bonds is 7. The number of aliphatic hydroxyl groups excluding tert-OH is 1. The van der Waals surface area contributed by atoms with E-state index < -0.39 is 34.6 Å². The molecule has 2 aromatic rings. The van der Waals surface area contributed by atoms with Gasteiger partial charge >= 0.3 is 0 Å². The van der Waals surface area contributed by atoms with Gasteiger partial charge in [-0.05, 0) is 41.5 Å². The van der Waals surface area contributed by atoms with Crippen molar-refractivity contribution in [1.82, 2.24) is 5.32 Å². The Balaban J connectivity index is 2.06. The van der Waals surface area contributed by atoms with E-state index in [1.165, 1.54) is 48.5 Å². The maximum absolute atomic E-state index is 13.3. The molecule has 0 saturated carbocycles. The number of phenolic OH excluding ortho intramolecular Hbond substituents is 2. The molecule has 0 fully saturated rings. The largest absolute Gasteiger partial charge is 0.504 e. The van der Waals surface area contributed by atoms with Crippen LogP contribution < -0.4 is 5.32 Å². The fraction of sp³-hybridized carbons (Fsp3) is 0.211. The summed E-state index contributed by atoms with van der Waals surface area (Å²) in [4.78, 5) is 12.1. The van der Waals surface area contributed by atoms with Gasteiger partial charge in [-0.3, -0.25) is 4.79 Å². The van der Waals surface area contributed by atoms with E-state index in [1.807, 2.05) is 0 Å². The van der Waals surface area contributed by atoms with Crippen molar-refractivity contribution in [1.29, 1.82) is 0 Å². The first-order chi connectivity index (χ1) is 13.1. The number of halogens is 1. The molecular weight excluding hydrogens is 389 g/mol. The molecule has 0 spiro atoms. The highest BCUT2D eigenvalue weighted by atomic mass is 32.2. The Morgan fingerprint density at radius 1 is 1.14 bits per heavy atom. The van der Waals surface area contributed by atoms with Crippen LogP contribution >= 0.6 is 0 Å². The number of hydrogen-bond donors (Lipinski definition) is 4. The number of amides is 1. The molecule has 0 aromatic heterocycles. The second-order valence-electron chi connectivity index (χ2n) is 6.14. The summed E-state index contributed by atoms with van der Waals surface area (Å²) >= 11 is 0. The number of hydrogen-bond acceptors (Lipinski definition) is 6. The van der Waals surface area contributed by atoms with Crippen LogP contribution in [0, 0.1) is 0 Å². The Morgan fingerprint density at radius 2 is 1.79 bits per heavy atom. The maximum atomic E-state index is 13.3. The van der Waals surface area contributed by atoms with Gasteiger partial charge in [-0.1, -0.05) is 18.2 Å². The molecule has 2 rings (SSSR count). The van der Waals surface area contributed by atoms with E-state index >= 15 is 0 Å². The van der Waals surface area contributed by atoms with Crippen molar-refractivity contribution in [3.05, 3.63) is 59.7 Å². The average molecular weight is 409 g/mol. The number of carbonyl (C=O) groups excluding carboxylic acids is 1. The minimum atomic E-state index is -3.40. The highest BCUT2D eigenvalue weighted by Crippen LogP contribution is 2.25. The Morgan fingerprint density at radius 3 is 2.32 bits per heavy atom. The van der Waals surface area contributed by atoms with E-state index in [-0.39, 0.29) is 22.0 Å². The highest BCUT2D eigenvalue weighted by molar-refractivity contribution is 7.90. The van der Waals surface area contributed by atoms with Crippen LogP contribution in [0.3, 0.4) is 0 Å². The second kappa shape index (κ2) is 8.85. The van der Waals surface area contributed by atoms with Gasteiger partial charge in [0.1, 0.15) is 12.8 Å². The van der Waals surface area contributed by atoms with Gasteiger partial charge in [0, 0.05) is 12.3 Å². The van der Waals surface area contributed by atoms with Crippen LogP contribution in [0.5, 0.6) is 11.5 Å². The first kappa shape index (κ1) is 21.4. The second-order valence-corrected chi connectivity index (χ2v) is 8.15. The normalized spacial score (nSPS) is 14.0. The molecule has 150 valence electrons. The topological polar surface area (TPSA) is 124 Å². The predicted octanol–water partition coefficient (Wildman–Crippen LogP) is 1.70. The molecule has 2 atom stereocenters. The molecule has 7 nitrogen and oxygen atoms in total. The summed E-state index contributed by atoms with van der Waals surface area (Å²) in [5.41, 5.74) is 0.682. The number of phenols is 2. The van der Waals surface area contributed by atoms with Gasteiger partial charge in [0.2, 0.25) is 5.91 Å². The van der Waals surface area contributed by atoms with Crippen LogP contribution in [-0.2, 0) is 14.6 Å². The van der Waals surface area contributed by atoms with E-state index in [2.05, 4.69) is 5.32 Å². The molecule has 2 unspecified atom stereocenters. The Hall–Kier alpha value is -2.91. The number of benzene rings is 2. The molecule has 0 saturated heterocycles. The zero-order chi connectivity index (χ0) is 20.9. The van der Waals surface area contributed by atoms with Gasteiger partial charge in [-0.25, -0.2) is 12.8 Å². The van der Waals surface area contributed by atoms with Crippen LogP contribution in [0.4, 0.5) is 4.39 Å². The lowest BCUT2D eigenvalue weighted by Crippen LogP contribution is -2.40. The third-order valence-electron chi connectivity index (χ3n) is 3.95. The fourth-order valence-electron chi connectivity index (χ4n) is 2.39.